The molecular formula is C11H22N4O. The first-order valence-corrected chi connectivity index (χ1v) is 5.77. The number of hydrogen-bond acceptors (Lipinski definition) is 4. The molecule has 1 rings (SSSR count). The summed E-state index contributed by atoms with van der Waals surface area (Å²) in [5, 5.41) is 11.4. The minimum absolute atomic E-state index is 0.150. The van der Waals surface area contributed by atoms with Crippen LogP contribution in [-0.4, -0.2) is 26.9 Å². The first-order valence-electron chi connectivity index (χ1n) is 5.77. The lowest BCUT2D eigenvalue weighted by Gasteiger charge is -2.19. The normalized spacial score (nSPS) is 11.8. The summed E-state index contributed by atoms with van der Waals surface area (Å²) in [5.41, 5.74) is -0.150. The summed E-state index contributed by atoms with van der Waals surface area (Å²) < 4.78 is 7.74. The average molecular weight is 226 g/mol. The number of aromatic nitrogens is 3. The fourth-order valence-electron chi connectivity index (χ4n) is 1.34. The van der Waals surface area contributed by atoms with Crippen LogP contribution in [0.15, 0.2) is 0 Å². The molecule has 0 aliphatic carbocycles. The minimum atomic E-state index is -0.150. The maximum atomic E-state index is 5.70. The van der Waals surface area contributed by atoms with E-state index in [1.807, 2.05) is 32.3 Å². The predicted octanol–water partition coefficient (Wildman–Crippen LogP) is 2.04. The van der Waals surface area contributed by atoms with E-state index >= 15 is 0 Å². The molecule has 0 bridgehead atoms. The number of rotatable bonds is 5. The van der Waals surface area contributed by atoms with Crippen molar-refractivity contribution in [2.24, 2.45) is 0 Å². The first-order chi connectivity index (χ1) is 7.48. The van der Waals surface area contributed by atoms with Crippen molar-refractivity contribution in [3.05, 3.63) is 5.82 Å². The van der Waals surface area contributed by atoms with E-state index in [2.05, 4.69) is 22.4 Å². The molecule has 0 aliphatic rings. The van der Waals surface area contributed by atoms with Crippen LogP contribution in [0.25, 0.3) is 0 Å². The maximum Gasteiger partial charge on any atom is 0.224 e. The zero-order valence-electron chi connectivity index (χ0n) is 10.9. The van der Waals surface area contributed by atoms with Crippen LogP contribution in [0.5, 0.6) is 0 Å². The smallest absolute Gasteiger partial charge is 0.224 e. The molecule has 0 fully saturated rings. The fourth-order valence-corrected chi connectivity index (χ4v) is 1.34. The molecule has 0 spiro atoms. The minimum Gasteiger partial charge on any atom is -0.368 e. The molecule has 0 unspecified atom stereocenters. The summed E-state index contributed by atoms with van der Waals surface area (Å²) >= 11 is 0. The standard InChI is InChI=1S/C11H22N4O/c1-6-12-10-14-13-9(15(10)7-2)8-16-11(3,4)5/h6-8H2,1-5H3,(H,12,14). The lowest BCUT2D eigenvalue weighted by molar-refractivity contribution is -0.0193. The summed E-state index contributed by atoms with van der Waals surface area (Å²) in [5.74, 6) is 1.69. The Morgan fingerprint density at radius 3 is 2.44 bits per heavy atom. The summed E-state index contributed by atoms with van der Waals surface area (Å²) in [6, 6.07) is 0. The van der Waals surface area contributed by atoms with Gasteiger partial charge in [0.25, 0.3) is 0 Å². The van der Waals surface area contributed by atoms with E-state index in [-0.39, 0.29) is 5.60 Å². The highest BCUT2D eigenvalue weighted by molar-refractivity contribution is 5.25. The Bertz CT molecular complexity index is 327. The molecule has 0 aliphatic heterocycles. The molecule has 0 saturated carbocycles. The van der Waals surface area contributed by atoms with E-state index in [4.69, 9.17) is 4.74 Å². The number of ether oxygens (including phenoxy) is 1. The average Bonchev–Trinajstić information content (AvgIpc) is 2.57. The topological polar surface area (TPSA) is 52.0 Å². The molecule has 0 radical (unpaired) electrons. The molecule has 5 heteroatoms. The predicted molar refractivity (Wildman–Crippen MR) is 64.4 cm³/mol. The van der Waals surface area contributed by atoms with Gasteiger partial charge in [-0.25, -0.2) is 0 Å². The van der Waals surface area contributed by atoms with Crippen LogP contribution in [-0.2, 0) is 17.9 Å². The van der Waals surface area contributed by atoms with Crippen molar-refractivity contribution in [3.8, 4) is 0 Å². The van der Waals surface area contributed by atoms with Crippen molar-refractivity contribution in [1.29, 1.82) is 0 Å². The Hall–Kier alpha value is -1.10. The van der Waals surface area contributed by atoms with Gasteiger partial charge in [0.15, 0.2) is 5.82 Å². The van der Waals surface area contributed by atoms with Gasteiger partial charge < -0.3 is 10.1 Å². The lowest BCUT2D eigenvalue weighted by Crippen LogP contribution is -2.20. The molecule has 1 N–H and O–H groups in total. The van der Waals surface area contributed by atoms with Crippen molar-refractivity contribution in [2.75, 3.05) is 11.9 Å². The van der Waals surface area contributed by atoms with Crippen LogP contribution in [0.4, 0.5) is 5.95 Å². The Morgan fingerprint density at radius 1 is 1.25 bits per heavy atom. The van der Waals surface area contributed by atoms with Crippen molar-refractivity contribution in [1.82, 2.24) is 14.8 Å². The van der Waals surface area contributed by atoms with Gasteiger partial charge in [-0.2, -0.15) is 0 Å². The van der Waals surface area contributed by atoms with Gasteiger partial charge >= 0.3 is 0 Å². The Labute approximate surface area is 97.2 Å². The van der Waals surface area contributed by atoms with Crippen molar-refractivity contribution < 1.29 is 4.74 Å². The SMILES string of the molecule is CCNc1nnc(COC(C)(C)C)n1CC. The van der Waals surface area contributed by atoms with E-state index in [1.54, 1.807) is 0 Å². The van der Waals surface area contributed by atoms with Gasteiger partial charge in [0, 0.05) is 13.1 Å². The van der Waals surface area contributed by atoms with Crippen LogP contribution in [0, 0.1) is 0 Å². The summed E-state index contributed by atoms with van der Waals surface area (Å²) in [6.07, 6.45) is 0. The maximum absolute atomic E-state index is 5.70. The largest absolute Gasteiger partial charge is 0.368 e. The van der Waals surface area contributed by atoms with Gasteiger partial charge in [0.2, 0.25) is 5.95 Å². The molecule has 1 heterocycles. The van der Waals surface area contributed by atoms with Gasteiger partial charge in [0.1, 0.15) is 6.61 Å². The molecule has 0 atom stereocenters. The van der Waals surface area contributed by atoms with Gasteiger partial charge in [-0.1, -0.05) is 0 Å². The summed E-state index contributed by atoms with van der Waals surface area (Å²) in [4.78, 5) is 0. The zero-order valence-corrected chi connectivity index (χ0v) is 10.9. The molecule has 16 heavy (non-hydrogen) atoms. The van der Waals surface area contributed by atoms with Crippen LogP contribution in [0.1, 0.15) is 40.4 Å². The number of anilines is 1. The van der Waals surface area contributed by atoms with Crippen LogP contribution < -0.4 is 5.32 Å². The Kier molecular flexibility index (Phi) is 4.29. The zero-order chi connectivity index (χ0) is 12.2. The van der Waals surface area contributed by atoms with Gasteiger partial charge in [-0.3, -0.25) is 4.57 Å². The molecular weight excluding hydrogens is 204 g/mol. The monoisotopic (exact) mass is 226 g/mol. The van der Waals surface area contributed by atoms with Gasteiger partial charge in [0.05, 0.1) is 5.60 Å². The lowest BCUT2D eigenvalue weighted by atomic mass is 10.2. The molecule has 0 aromatic carbocycles. The Morgan fingerprint density at radius 2 is 1.94 bits per heavy atom. The van der Waals surface area contributed by atoms with E-state index in [1.165, 1.54) is 0 Å². The molecule has 5 nitrogen and oxygen atoms in total. The fraction of sp³-hybridized carbons (Fsp3) is 0.818. The molecule has 92 valence electrons. The van der Waals surface area contributed by atoms with E-state index in [9.17, 15) is 0 Å². The summed E-state index contributed by atoms with van der Waals surface area (Å²) in [6.45, 7) is 12.4. The second-order valence-electron chi connectivity index (χ2n) is 4.62. The highest BCUT2D eigenvalue weighted by Gasteiger charge is 2.15. The van der Waals surface area contributed by atoms with E-state index < -0.39 is 0 Å². The molecule has 1 aromatic heterocycles. The molecule has 1 aromatic rings. The highest BCUT2D eigenvalue weighted by atomic mass is 16.5. The first kappa shape index (κ1) is 13.0. The molecule has 0 saturated heterocycles. The number of nitrogens with one attached hydrogen (secondary N) is 1. The van der Waals surface area contributed by atoms with Crippen LogP contribution >= 0.6 is 0 Å². The van der Waals surface area contributed by atoms with Gasteiger partial charge in [-0.05, 0) is 34.6 Å². The quantitative estimate of drug-likeness (QED) is 0.834. The van der Waals surface area contributed by atoms with Crippen molar-refractivity contribution in [2.45, 2.75) is 53.4 Å². The van der Waals surface area contributed by atoms with Crippen molar-refractivity contribution in [3.63, 3.8) is 0 Å². The van der Waals surface area contributed by atoms with Crippen molar-refractivity contribution >= 4 is 5.95 Å². The summed E-state index contributed by atoms with van der Waals surface area (Å²) in [7, 11) is 0. The van der Waals surface area contributed by atoms with Gasteiger partial charge in [-0.15, -0.1) is 10.2 Å². The second kappa shape index (κ2) is 5.30. The third-order valence-corrected chi connectivity index (χ3v) is 2.11. The van der Waals surface area contributed by atoms with E-state index in [0.29, 0.717) is 6.61 Å². The van der Waals surface area contributed by atoms with Crippen LogP contribution in [0.2, 0.25) is 0 Å². The third kappa shape index (κ3) is 3.48. The third-order valence-electron chi connectivity index (χ3n) is 2.11. The number of hydrogen-bond donors (Lipinski definition) is 1. The second-order valence-corrected chi connectivity index (χ2v) is 4.62. The highest BCUT2D eigenvalue weighted by Crippen LogP contribution is 2.13. The Balaban J connectivity index is 2.72. The molecule has 0 amide bonds. The van der Waals surface area contributed by atoms with E-state index in [0.717, 1.165) is 24.9 Å². The van der Waals surface area contributed by atoms with Crippen LogP contribution in [0.3, 0.4) is 0 Å². The number of nitrogens with zero attached hydrogens (tertiary/aromatic N) is 3.